The number of aromatic amines is 1. The highest BCUT2D eigenvalue weighted by molar-refractivity contribution is 5.71. The molecule has 1 fully saturated rings. The molecule has 0 amide bonds. The Labute approximate surface area is 213 Å². The van der Waals surface area contributed by atoms with Crippen LogP contribution in [0.15, 0.2) is 67.4 Å². The van der Waals surface area contributed by atoms with Crippen molar-refractivity contribution in [2.75, 3.05) is 11.4 Å². The van der Waals surface area contributed by atoms with Gasteiger partial charge in [0.2, 0.25) is 0 Å². The van der Waals surface area contributed by atoms with E-state index in [1.807, 2.05) is 17.0 Å². The number of halogens is 4. The third-order valence-corrected chi connectivity index (χ3v) is 6.93. The second-order valence-electron chi connectivity index (χ2n) is 9.83. The highest BCUT2D eigenvalue weighted by Gasteiger charge is 2.45. The summed E-state index contributed by atoms with van der Waals surface area (Å²) in [5.74, 6) is -2.66. The zero-order valence-electron chi connectivity index (χ0n) is 20.4. The molecule has 0 atom stereocenters. The van der Waals surface area contributed by atoms with E-state index >= 15 is 0 Å². The summed E-state index contributed by atoms with van der Waals surface area (Å²) in [5.41, 5.74) is 5.20. The molecule has 5 rings (SSSR count). The second-order valence-corrected chi connectivity index (χ2v) is 9.83. The second kappa shape index (κ2) is 9.95. The van der Waals surface area contributed by atoms with Crippen LogP contribution in [-0.4, -0.2) is 28.7 Å². The first-order chi connectivity index (χ1) is 17.7. The highest BCUT2D eigenvalue weighted by Crippen LogP contribution is 2.38. The summed E-state index contributed by atoms with van der Waals surface area (Å²) >= 11 is 0. The van der Waals surface area contributed by atoms with Crippen molar-refractivity contribution in [2.45, 2.75) is 50.6 Å². The molecule has 1 saturated carbocycles. The molecule has 37 heavy (non-hydrogen) atoms. The predicted octanol–water partition coefficient (Wildman–Crippen LogP) is 5.81. The topological polar surface area (TPSA) is 56.0 Å². The average molecular weight is 512 g/mol. The number of rotatable bonds is 10. The van der Waals surface area contributed by atoms with Crippen molar-refractivity contribution in [1.82, 2.24) is 20.8 Å². The minimum absolute atomic E-state index is 0.175. The molecule has 2 heterocycles. The Kier molecular flexibility index (Phi) is 6.70. The zero-order chi connectivity index (χ0) is 26.2. The van der Waals surface area contributed by atoms with E-state index < -0.39 is 5.92 Å². The molecule has 1 aromatic heterocycles. The highest BCUT2D eigenvalue weighted by atomic mass is 19.3. The van der Waals surface area contributed by atoms with Crippen LogP contribution in [0.25, 0.3) is 11.1 Å². The number of nitrogens with one attached hydrogen (secondary N) is 3. The van der Waals surface area contributed by atoms with Crippen LogP contribution in [0.3, 0.4) is 0 Å². The molecule has 1 aliphatic heterocycles. The number of benzene rings is 2. The van der Waals surface area contributed by atoms with Crippen molar-refractivity contribution in [1.29, 1.82) is 0 Å². The first-order valence-corrected chi connectivity index (χ1v) is 12.3. The number of anilines is 1. The Balaban J connectivity index is 1.17. The third-order valence-electron chi connectivity index (χ3n) is 6.93. The number of H-pyrrole nitrogens is 1. The molecular formula is C28H29F4N5. The fraction of sp³-hybridized carbons (Fsp3) is 0.321. The molecule has 5 nitrogen and oxygen atoms in total. The molecule has 0 bridgehead atoms. The third kappa shape index (κ3) is 5.65. The maximum atomic E-state index is 14.8. The van der Waals surface area contributed by atoms with Gasteiger partial charge in [0.05, 0.1) is 12.0 Å². The molecule has 0 saturated heterocycles. The molecule has 0 unspecified atom stereocenters. The normalized spacial score (nSPS) is 16.3. The van der Waals surface area contributed by atoms with E-state index in [2.05, 4.69) is 34.0 Å². The number of fused-ring (bicyclic) bond motifs is 1. The van der Waals surface area contributed by atoms with Crippen LogP contribution in [0.5, 0.6) is 0 Å². The van der Waals surface area contributed by atoms with Gasteiger partial charge in [-0.05, 0) is 60.2 Å². The molecule has 9 heteroatoms. The SMILES string of the molecule is C=C(CCc1cc(F)cc(CNC(=C)N2CCc3cc(-c4cn[nH]c4)c(F)cc32)c1)NC1CC(F)(F)C1. The quantitative estimate of drug-likeness (QED) is 0.301. The summed E-state index contributed by atoms with van der Waals surface area (Å²) in [7, 11) is 0. The van der Waals surface area contributed by atoms with E-state index in [9.17, 15) is 17.6 Å². The molecule has 194 valence electrons. The minimum atomic E-state index is -2.58. The van der Waals surface area contributed by atoms with Crippen LogP contribution < -0.4 is 15.5 Å². The Morgan fingerprint density at radius 1 is 1.11 bits per heavy atom. The Hall–Kier alpha value is -3.75. The molecule has 2 aliphatic rings. The molecule has 3 aromatic rings. The molecule has 2 aromatic carbocycles. The van der Waals surface area contributed by atoms with Crippen molar-refractivity contribution in [3.05, 3.63) is 95.7 Å². The monoisotopic (exact) mass is 511 g/mol. The van der Waals surface area contributed by atoms with Gasteiger partial charge in [0.15, 0.2) is 0 Å². The van der Waals surface area contributed by atoms with Gasteiger partial charge < -0.3 is 15.5 Å². The standard InChI is InChI=1S/C28H29F4N5/c1-17(36-24-12-28(31,32)13-24)3-4-19-7-20(9-23(29)8-19)14-33-18(2)37-6-5-21-10-25(22-15-34-35-16-22)26(30)11-27(21)37/h7-11,15-16,24,33,36H,1-6,12-14H2,(H,34,35). The maximum absolute atomic E-state index is 14.8. The molecule has 3 N–H and O–H groups in total. The van der Waals surface area contributed by atoms with Crippen LogP contribution >= 0.6 is 0 Å². The number of aromatic nitrogens is 2. The van der Waals surface area contributed by atoms with E-state index in [1.54, 1.807) is 12.4 Å². The van der Waals surface area contributed by atoms with Crippen LogP contribution in [0.4, 0.5) is 23.2 Å². The van der Waals surface area contributed by atoms with Gasteiger partial charge >= 0.3 is 0 Å². The van der Waals surface area contributed by atoms with Crippen molar-refractivity contribution in [3.63, 3.8) is 0 Å². The summed E-state index contributed by atoms with van der Waals surface area (Å²) in [4.78, 5) is 1.93. The average Bonchev–Trinajstić information content (AvgIpc) is 3.49. The van der Waals surface area contributed by atoms with Crippen molar-refractivity contribution >= 4 is 5.69 Å². The number of nitrogens with zero attached hydrogens (tertiary/aromatic N) is 2. The zero-order valence-corrected chi connectivity index (χ0v) is 20.4. The summed E-state index contributed by atoms with van der Waals surface area (Å²) in [5, 5.41) is 12.9. The Morgan fingerprint density at radius 2 is 1.89 bits per heavy atom. The van der Waals surface area contributed by atoms with E-state index in [1.165, 1.54) is 18.2 Å². The van der Waals surface area contributed by atoms with Crippen LogP contribution in [0.2, 0.25) is 0 Å². The first-order valence-electron chi connectivity index (χ1n) is 12.3. The van der Waals surface area contributed by atoms with Gasteiger partial charge in [-0.3, -0.25) is 5.10 Å². The number of aryl methyl sites for hydroxylation is 1. The van der Waals surface area contributed by atoms with Crippen LogP contribution in [-0.2, 0) is 19.4 Å². The number of hydrogen-bond acceptors (Lipinski definition) is 4. The van der Waals surface area contributed by atoms with Crippen molar-refractivity contribution in [2.24, 2.45) is 0 Å². The van der Waals surface area contributed by atoms with Gasteiger partial charge in [0.25, 0.3) is 5.92 Å². The van der Waals surface area contributed by atoms with Gasteiger partial charge in [-0.25, -0.2) is 17.6 Å². The summed E-state index contributed by atoms with van der Waals surface area (Å²) in [6.45, 7) is 9.05. The van der Waals surface area contributed by atoms with E-state index in [-0.39, 0.29) is 30.5 Å². The molecular weight excluding hydrogens is 482 g/mol. The Morgan fingerprint density at radius 3 is 2.62 bits per heavy atom. The predicted molar refractivity (Wildman–Crippen MR) is 136 cm³/mol. The summed E-state index contributed by atoms with van der Waals surface area (Å²) in [6.07, 6.45) is 4.72. The van der Waals surface area contributed by atoms with Gasteiger partial charge in [-0.1, -0.05) is 19.2 Å². The van der Waals surface area contributed by atoms with Crippen molar-refractivity contribution < 1.29 is 17.6 Å². The molecule has 0 radical (unpaired) electrons. The van der Waals surface area contributed by atoms with Crippen LogP contribution in [0.1, 0.15) is 36.0 Å². The van der Waals surface area contributed by atoms with Gasteiger partial charge in [0.1, 0.15) is 11.6 Å². The summed E-state index contributed by atoms with van der Waals surface area (Å²) < 4.78 is 55.2. The Bertz CT molecular complexity index is 1310. The lowest BCUT2D eigenvalue weighted by Gasteiger charge is -2.36. The fourth-order valence-corrected chi connectivity index (χ4v) is 4.99. The van der Waals surface area contributed by atoms with E-state index in [0.717, 1.165) is 28.8 Å². The van der Waals surface area contributed by atoms with Crippen LogP contribution in [0, 0.1) is 11.6 Å². The van der Waals surface area contributed by atoms with E-state index in [4.69, 9.17) is 0 Å². The van der Waals surface area contributed by atoms with Gasteiger partial charge in [-0.15, -0.1) is 0 Å². The van der Waals surface area contributed by atoms with Gasteiger partial charge in [0, 0.05) is 60.7 Å². The fourth-order valence-electron chi connectivity index (χ4n) is 4.99. The van der Waals surface area contributed by atoms with Crippen molar-refractivity contribution in [3.8, 4) is 11.1 Å². The lowest BCUT2D eigenvalue weighted by atomic mass is 9.88. The van der Waals surface area contributed by atoms with Gasteiger partial charge in [-0.2, -0.15) is 5.10 Å². The molecule has 1 aliphatic carbocycles. The minimum Gasteiger partial charge on any atom is -0.386 e. The largest absolute Gasteiger partial charge is 0.386 e. The number of allylic oxidation sites excluding steroid dienone is 1. The lowest BCUT2D eigenvalue weighted by molar-refractivity contribution is -0.0906. The maximum Gasteiger partial charge on any atom is 0.252 e. The number of alkyl halides is 2. The number of hydrogen-bond donors (Lipinski definition) is 3. The molecule has 0 spiro atoms. The van der Waals surface area contributed by atoms with E-state index in [0.29, 0.717) is 48.6 Å². The lowest BCUT2D eigenvalue weighted by Crippen LogP contribution is -2.47. The smallest absolute Gasteiger partial charge is 0.252 e. The first kappa shape index (κ1) is 24.9. The summed E-state index contributed by atoms with van der Waals surface area (Å²) in [6, 6.07) is 7.96.